The number of nitrogens with one attached hydrogen (secondary N) is 1. The van der Waals surface area contributed by atoms with Crippen LogP contribution in [0.1, 0.15) is 16.8 Å². The quantitative estimate of drug-likeness (QED) is 0.882. The van der Waals surface area contributed by atoms with Crippen LogP contribution in [-0.4, -0.2) is 27.4 Å². The molecule has 1 amide bonds. The fraction of sp³-hybridized carbons (Fsp3) is 0.286. The maximum Gasteiger partial charge on any atom is 0.251 e. The van der Waals surface area contributed by atoms with Crippen LogP contribution in [0, 0.1) is 20.8 Å². The highest BCUT2D eigenvalue weighted by Crippen LogP contribution is 2.17. The number of aromatic nitrogens is 2. The third kappa shape index (κ3) is 3.00. The fourth-order valence-corrected chi connectivity index (χ4v) is 2.05. The Kier molecular flexibility index (Phi) is 3.66. The molecule has 1 aromatic heterocycles. The fourth-order valence-electron chi connectivity index (χ4n) is 2.05. The molecular formula is C14H17N3O2. The van der Waals surface area contributed by atoms with E-state index >= 15 is 0 Å². The second-order valence-corrected chi connectivity index (χ2v) is 4.63. The van der Waals surface area contributed by atoms with Gasteiger partial charge in [0.1, 0.15) is 6.61 Å². The SMILES string of the molecule is Cc1cc(C)cc(-n2nc(NC(=O)CO)cc2C)c1. The Morgan fingerprint density at radius 3 is 2.42 bits per heavy atom. The molecule has 0 unspecified atom stereocenters. The highest BCUT2D eigenvalue weighted by atomic mass is 16.3. The Labute approximate surface area is 111 Å². The van der Waals surface area contributed by atoms with Crippen molar-refractivity contribution in [1.82, 2.24) is 9.78 Å². The highest BCUT2D eigenvalue weighted by Gasteiger charge is 2.09. The van der Waals surface area contributed by atoms with Gasteiger partial charge in [-0.05, 0) is 44.0 Å². The highest BCUT2D eigenvalue weighted by molar-refractivity contribution is 5.90. The van der Waals surface area contributed by atoms with E-state index in [4.69, 9.17) is 5.11 Å². The summed E-state index contributed by atoms with van der Waals surface area (Å²) in [5.74, 6) is -0.0271. The summed E-state index contributed by atoms with van der Waals surface area (Å²) in [5, 5.41) is 15.6. The largest absolute Gasteiger partial charge is 0.387 e. The van der Waals surface area contributed by atoms with Crippen LogP contribution < -0.4 is 5.32 Å². The predicted octanol–water partition coefficient (Wildman–Crippen LogP) is 1.73. The Morgan fingerprint density at radius 2 is 1.84 bits per heavy atom. The smallest absolute Gasteiger partial charge is 0.251 e. The van der Waals surface area contributed by atoms with Crippen molar-refractivity contribution < 1.29 is 9.90 Å². The van der Waals surface area contributed by atoms with E-state index in [0.29, 0.717) is 5.82 Å². The normalized spacial score (nSPS) is 10.5. The van der Waals surface area contributed by atoms with Gasteiger partial charge >= 0.3 is 0 Å². The molecule has 0 fully saturated rings. The second kappa shape index (κ2) is 5.24. The van der Waals surface area contributed by atoms with E-state index in [-0.39, 0.29) is 0 Å². The van der Waals surface area contributed by atoms with Gasteiger partial charge in [-0.15, -0.1) is 5.10 Å². The lowest BCUT2D eigenvalue weighted by atomic mass is 10.1. The molecule has 1 heterocycles. The van der Waals surface area contributed by atoms with Crippen molar-refractivity contribution in [1.29, 1.82) is 0 Å². The van der Waals surface area contributed by atoms with Gasteiger partial charge in [-0.3, -0.25) is 4.79 Å². The van der Waals surface area contributed by atoms with E-state index in [0.717, 1.165) is 22.5 Å². The molecular weight excluding hydrogens is 242 g/mol. The van der Waals surface area contributed by atoms with Crippen LogP contribution in [-0.2, 0) is 4.79 Å². The average molecular weight is 259 g/mol. The van der Waals surface area contributed by atoms with Gasteiger partial charge in [0, 0.05) is 11.8 Å². The number of benzene rings is 1. The number of amides is 1. The molecule has 0 aliphatic rings. The number of carbonyl (C=O) groups is 1. The standard InChI is InChI=1S/C14H17N3O2/c1-9-4-10(2)6-12(5-9)17-11(3)7-13(16-17)15-14(19)8-18/h4-7,18H,8H2,1-3H3,(H,15,16,19). The summed E-state index contributed by atoms with van der Waals surface area (Å²) in [6, 6.07) is 7.93. The van der Waals surface area contributed by atoms with Crippen LogP contribution >= 0.6 is 0 Å². The van der Waals surface area contributed by atoms with E-state index in [1.807, 2.05) is 32.9 Å². The molecule has 2 rings (SSSR count). The average Bonchev–Trinajstić information content (AvgIpc) is 2.68. The molecule has 0 saturated carbocycles. The van der Waals surface area contributed by atoms with Crippen molar-refractivity contribution in [2.24, 2.45) is 0 Å². The van der Waals surface area contributed by atoms with Crippen molar-refractivity contribution in [3.05, 3.63) is 41.1 Å². The van der Waals surface area contributed by atoms with Gasteiger partial charge in [-0.25, -0.2) is 4.68 Å². The minimum absolute atomic E-state index is 0.440. The summed E-state index contributed by atoms with van der Waals surface area (Å²) in [4.78, 5) is 11.1. The van der Waals surface area contributed by atoms with E-state index < -0.39 is 12.5 Å². The molecule has 0 aliphatic heterocycles. The van der Waals surface area contributed by atoms with Gasteiger partial charge in [0.2, 0.25) is 0 Å². The van der Waals surface area contributed by atoms with Crippen LogP contribution in [0.2, 0.25) is 0 Å². The first-order valence-electron chi connectivity index (χ1n) is 6.05. The third-order valence-corrected chi connectivity index (χ3v) is 2.75. The summed E-state index contributed by atoms with van der Waals surface area (Å²) in [5.41, 5.74) is 4.19. The van der Waals surface area contributed by atoms with Crippen LogP contribution in [0.25, 0.3) is 5.69 Å². The Bertz CT molecular complexity index is 597. The molecule has 0 spiro atoms. The molecule has 2 aromatic rings. The zero-order chi connectivity index (χ0) is 14.0. The van der Waals surface area contributed by atoms with Gasteiger partial charge in [0.15, 0.2) is 5.82 Å². The lowest BCUT2D eigenvalue weighted by Crippen LogP contribution is -2.15. The molecule has 0 aliphatic carbocycles. The van der Waals surface area contributed by atoms with Crippen molar-refractivity contribution in [3.63, 3.8) is 0 Å². The maximum atomic E-state index is 11.1. The zero-order valence-electron chi connectivity index (χ0n) is 11.3. The van der Waals surface area contributed by atoms with Crippen LogP contribution in [0.15, 0.2) is 24.3 Å². The molecule has 1 aromatic carbocycles. The summed E-state index contributed by atoms with van der Waals surface area (Å²) < 4.78 is 1.77. The number of rotatable bonds is 3. The summed E-state index contributed by atoms with van der Waals surface area (Å²) >= 11 is 0. The number of hydrogen-bond acceptors (Lipinski definition) is 3. The van der Waals surface area contributed by atoms with Crippen LogP contribution in [0.3, 0.4) is 0 Å². The van der Waals surface area contributed by atoms with Gasteiger partial charge in [-0.1, -0.05) is 6.07 Å². The van der Waals surface area contributed by atoms with E-state index in [1.54, 1.807) is 10.7 Å². The van der Waals surface area contributed by atoms with E-state index in [2.05, 4.69) is 16.5 Å². The Morgan fingerprint density at radius 1 is 1.21 bits per heavy atom. The van der Waals surface area contributed by atoms with Gasteiger partial charge in [0.25, 0.3) is 5.91 Å². The first-order chi connectivity index (χ1) is 8.99. The van der Waals surface area contributed by atoms with Gasteiger partial charge in [-0.2, -0.15) is 0 Å². The van der Waals surface area contributed by atoms with Crippen molar-refractivity contribution in [2.75, 3.05) is 11.9 Å². The first-order valence-corrected chi connectivity index (χ1v) is 6.05. The molecule has 100 valence electrons. The number of anilines is 1. The zero-order valence-corrected chi connectivity index (χ0v) is 11.3. The molecule has 5 heteroatoms. The molecule has 5 nitrogen and oxygen atoms in total. The topological polar surface area (TPSA) is 67.2 Å². The predicted molar refractivity (Wildman–Crippen MR) is 73.5 cm³/mol. The third-order valence-electron chi connectivity index (χ3n) is 2.75. The van der Waals surface area contributed by atoms with Crippen molar-refractivity contribution >= 4 is 11.7 Å². The number of aliphatic hydroxyl groups is 1. The molecule has 19 heavy (non-hydrogen) atoms. The number of aryl methyl sites for hydroxylation is 3. The Balaban J connectivity index is 2.37. The number of nitrogens with zero attached hydrogens (tertiary/aromatic N) is 2. The molecule has 2 N–H and O–H groups in total. The van der Waals surface area contributed by atoms with Crippen molar-refractivity contribution in [3.8, 4) is 5.69 Å². The first kappa shape index (κ1) is 13.3. The lowest BCUT2D eigenvalue weighted by molar-refractivity contribution is -0.118. The second-order valence-electron chi connectivity index (χ2n) is 4.63. The molecule has 0 atom stereocenters. The number of aliphatic hydroxyl groups excluding tert-OH is 1. The number of carbonyl (C=O) groups excluding carboxylic acids is 1. The molecule has 0 bridgehead atoms. The molecule has 0 radical (unpaired) electrons. The summed E-state index contributed by atoms with van der Waals surface area (Å²) in [6.07, 6.45) is 0. The summed E-state index contributed by atoms with van der Waals surface area (Å²) in [6.45, 7) is 5.43. The minimum Gasteiger partial charge on any atom is -0.387 e. The minimum atomic E-state index is -0.546. The monoisotopic (exact) mass is 259 g/mol. The van der Waals surface area contributed by atoms with Gasteiger partial charge in [0.05, 0.1) is 5.69 Å². The van der Waals surface area contributed by atoms with Crippen molar-refractivity contribution in [2.45, 2.75) is 20.8 Å². The van der Waals surface area contributed by atoms with E-state index in [9.17, 15) is 4.79 Å². The van der Waals surface area contributed by atoms with E-state index in [1.165, 1.54) is 0 Å². The van der Waals surface area contributed by atoms with Crippen LogP contribution in [0.4, 0.5) is 5.82 Å². The van der Waals surface area contributed by atoms with Crippen LogP contribution in [0.5, 0.6) is 0 Å². The maximum absolute atomic E-state index is 11.1. The number of hydrogen-bond donors (Lipinski definition) is 2. The van der Waals surface area contributed by atoms with Gasteiger partial charge < -0.3 is 10.4 Å². The Hall–Kier alpha value is -2.14. The summed E-state index contributed by atoms with van der Waals surface area (Å²) in [7, 11) is 0. The lowest BCUT2D eigenvalue weighted by Gasteiger charge is -2.07. The molecule has 0 saturated heterocycles.